The summed E-state index contributed by atoms with van der Waals surface area (Å²) in [7, 11) is 0. The molecule has 4 heteroatoms. The van der Waals surface area contributed by atoms with Crippen LogP contribution in [0.3, 0.4) is 0 Å². The zero-order chi connectivity index (χ0) is 15.1. The van der Waals surface area contributed by atoms with Crippen LogP contribution in [-0.2, 0) is 6.42 Å². The molecule has 0 heterocycles. The molecule has 0 amide bonds. The van der Waals surface area contributed by atoms with Crippen LogP contribution in [0.2, 0.25) is 0 Å². The standard InChI is InChI=1S/C17H26N2O2/c1-2-13-18-16(14-7-3-4-8-14)12-11-15-9-5-6-10-17(15)19(20)21/h5-6,9-10,14,16,18H,2-4,7-8,11-13H2,1H3. The van der Waals surface area contributed by atoms with Crippen LogP contribution < -0.4 is 5.32 Å². The van der Waals surface area contributed by atoms with Crippen molar-refractivity contribution in [2.45, 2.75) is 57.9 Å². The highest BCUT2D eigenvalue weighted by atomic mass is 16.6. The van der Waals surface area contributed by atoms with Crippen LogP contribution in [0.4, 0.5) is 5.69 Å². The summed E-state index contributed by atoms with van der Waals surface area (Å²) in [4.78, 5) is 10.8. The van der Waals surface area contributed by atoms with Crippen molar-refractivity contribution in [1.29, 1.82) is 0 Å². The quantitative estimate of drug-likeness (QED) is 0.579. The average molecular weight is 290 g/mol. The number of benzene rings is 1. The van der Waals surface area contributed by atoms with Crippen LogP contribution in [0.15, 0.2) is 24.3 Å². The fourth-order valence-corrected chi connectivity index (χ4v) is 3.41. The van der Waals surface area contributed by atoms with Crippen LogP contribution in [0.5, 0.6) is 0 Å². The molecule has 116 valence electrons. The Bertz CT molecular complexity index is 456. The molecule has 1 aromatic rings. The lowest BCUT2D eigenvalue weighted by Gasteiger charge is -2.24. The van der Waals surface area contributed by atoms with E-state index in [0.717, 1.165) is 37.3 Å². The van der Waals surface area contributed by atoms with Crippen molar-refractivity contribution < 1.29 is 4.92 Å². The number of rotatable bonds is 8. The molecule has 0 bridgehead atoms. The normalized spacial score (nSPS) is 17.0. The molecule has 1 atom stereocenters. The minimum Gasteiger partial charge on any atom is -0.314 e. The van der Waals surface area contributed by atoms with E-state index in [2.05, 4.69) is 12.2 Å². The van der Waals surface area contributed by atoms with E-state index in [1.165, 1.54) is 25.7 Å². The maximum Gasteiger partial charge on any atom is 0.272 e. The van der Waals surface area contributed by atoms with Gasteiger partial charge in [-0.15, -0.1) is 0 Å². The van der Waals surface area contributed by atoms with Gasteiger partial charge in [0.2, 0.25) is 0 Å². The Morgan fingerprint density at radius 2 is 2.05 bits per heavy atom. The van der Waals surface area contributed by atoms with Gasteiger partial charge in [-0.2, -0.15) is 0 Å². The zero-order valence-corrected chi connectivity index (χ0v) is 12.9. The molecule has 0 aromatic heterocycles. The minimum absolute atomic E-state index is 0.262. The first-order chi connectivity index (χ1) is 10.2. The molecule has 1 fully saturated rings. The maximum absolute atomic E-state index is 11.1. The Hall–Kier alpha value is -1.42. The first-order valence-corrected chi connectivity index (χ1v) is 8.18. The van der Waals surface area contributed by atoms with Gasteiger partial charge in [0.25, 0.3) is 5.69 Å². The second-order valence-electron chi connectivity index (χ2n) is 6.03. The van der Waals surface area contributed by atoms with E-state index in [1.54, 1.807) is 12.1 Å². The maximum atomic E-state index is 11.1. The molecule has 0 aliphatic heterocycles. The van der Waals surface area contributed by atoms with E-state index in [1.807, 2.05) is 12.1 Å². The summed E-state index contributed by atoms with van der Waals surface area (Å²) in [5.41, 5.74) is 1.13. The van der Waals surface area contributed by atoms with Gasteiger partial charge in [-0.3, -0.25) is 10.1 Å². The molecule has 1 aliphatic rings. The largest absolute Gasteiger partial charge is 0.314 e. The predicted octanol–water partition coefficient (Wildman–Crippen LogP) is 4.09. The van der Waals surface area contributed by atoms with Crippen LogP contribution in [0.25, 0.3) is 0 Å². The Morgan fingerprint density at radius 3 is 2.71 bits per heavy atom. The van der Waals surface area contributed by atoms with E-state index in [9.17, 15) is 10.1 Å². The lowest BCUT2D eigenvalue weighted by molar-refractivity contribution is -0.385. The van der Waals surface area contributed by atoms with Gasteiger partial charge in [0.15, 0.2) is 0 Å². The molecule has 2 rings (SSSR count). The fraction of sp³-hybridized carbons (Fsp3) is 0.647. The molecule has 0 spiro atoms. The lowest BCUT2D eigenvalue weighted by atomic mass is 9.92. The van der Waals surface area contributed by atoms with Crippen LogP contribution in [0.1, 0.15) is 51.0 Å². The molecule has 1 N–H and O–H groups in total. The number of nitrogens with one attached hydrogen (secondary N) is 1. The summed E-state index contributed by atoms with van der Waals surface area (Å²) in [6.45, 7) is 3.22. The number of hydrogen-bond donors (Lipinski definition) is 1. The van der Waals surface area contributed by atoms with Gasteiger partial charge in [-0.05, 0) is 44.6 Å². The summed E-state index contributed by atoms with van der Waals surface area (Å²) < 4.78 is 0. The van der Waals surface area contributed by atoms with Crippen molar-refractivity contribution >= 4 is 5.69 Å². The number of nitro groups is 1. The van der Waals surface area contributed by atoms with Crippen LogP contribution in [0, 0.1) is 16.0 Å². The van der Waals surface area contributed by atoms with Gasteiger partial charge in [-0.25, -0.2) is 0 Å². The number of aryl methyl sites for hydroxylation is 1. The van der Waals surface area contributed by atoms with Gasteiger partial charge in [0, 0.05) is 17.7 Å². The molecule has 0 radical (unpaired) electrons. The third-order valence-electron chi connectivity index (χ3n) is 4.54. The van der Waals surface area contributed by atoms with Crippen molar-refractivity contribution in [3.8, 4) is 0 Å². The summed E-state index contributed by atoms with van der Waals surface area (Å²) in [5.74, 6) is 0.749. The van der Waals surface area contributed by atoms with Gasteiger partial charge in [-0.1, -0.05) is 38.0 Å². The molecule has 1 saturated carbocycles. The number of nitro benzene ring substituents is 1. The molecule has 4 nitrogen and oxygen atoms in total. The van der Waals surface area contributed by atoms with E-state index in [-0.39, 0.29) is 10.6 Å². The average Bonchev–Trinajstić information content (AvgIpc) is 3.02. The van der Waals surface area contributed by atoms with Crippen molar-refractivity contribution in [2.24, 2.45) is 5.92 Å². The highest BCUT2D eigenvalue weighted by molar-refractivity contribution is 5.39. The molecule has 1 unspecified atom stereocenters. The molecule has 1 aliphatic carbocycles. The van der Waals surface area contributed by atoms with Crippen molar-refractivity contribution in [2.75, 3.05) is 6.54 Å². The Balaban J connectivity index is 1.98. The number of nitrogens with zero attached hydrogens (tertiary/aromatic N) is 1. The smallest absolute Gasteiger partial charge is 0.272 e. The molecule has 21 heavy (non-hydrogen) atoms. The molecule has 1 aromatic carbocycles. The summed E-state index contributed by atoms with van der Waals surface area (Å²) in [6, 6.07) is 7.65. The van der Waals surface area contributed by atoms with Gasteiger partial charge in [0.1, 0.15) is 0 Å². The monoisotopic (exact) mass is 290 g/mol. The summed E-state index contributed by atoms with van der Waals surface area (Å²) >= 11 is 0. The number of hydrogen-bond acceptors (Lipinski definition) is 3. The highest BCUT2D eigenvalue weighted by Crippen LogP contribution is 2.30. The fourth-order valence-electron chi connectivity index (χ4n) is 3.41. The van der Waals surface area contributed by atoms with Gasteiger partial charge in [0.05, 0.1) is 4.92 Å². The first-order valence-electron chi connectivity index (χ1n) is 8.18. The van der Waals surface area contributed by atoms with E-state index in [0.29, 0.717) is 6.04 Å². The summed E-state index contributed by atoms with van der Waals surface area (Å²) in [5, 5.41) is 14.7. The van der Waals surface area contributed by atoms with E-state index >= 15 is 0 Å². The number of para-hydroxylation sites is 1. The Morgan fingerprint density at radius 1 is 1.33 bits per heavy atom. The van der Waals surface area contributed by atoms with Gasteiger partial charge >= 0.3 is 0 Å². The van der Waals surface area contributed by atoms with Gasteiger partial charge < -0.3 is 5.32 Å². The summed E-state index contributed by atoms with van der Waals surface area (Å²) in [6.07, 6.45) is 8.19. The highest BCUT2D eigenvalue weighted by Gasteiger charge is 2.25. The van der Waals surface area contributed by atoms with E-state index in [4.69, 9.17) is 0 Å². The predicted molar refractivity (Wildman–Crippen MR) is 85.5 cm³/mol. The van der Waals surface area contributed by atoms with Crippen molar-refractivity contribution in [3.63, 3.8) is 0 Å². The van der Waals surface area contributed by atoms with Crippen molar-refractivity contribution in [3.05, 3.63) is 39.9 Å². The topological polar surface area (TPSA) is 55.2 Å². The van der Waals surface area contributed by atoms with Crippen LogP contribution in [-0.4, -0.2) is 17.5 Å². The van der Waals surface area contributed by atoms with Crippen molar-refractivity contribution in [1.82, 2.24) is 5.32 Å². The lowest BCUT2D eigenvalue weighted by Crippen LogP contribution is -2.36. The Kier molecular flexibility index (Phi) is 6.18. The second-order valence-corrected chi connectivity index (χ2v) is 6.03. The SMILES string of the molecule is CCCNC(CCc1ccccc1[N+](=O)[O-])C1CCCC1. The first kappa shape index (κ1) is 16.0. The minimum atomic E-state index is -0.265. The molecule has 0 saturated heterocycles. The zero-order valence-electron chi connectivity index (χ0n) is 12.9. The molecular weight excluding hydrogens is 264 g/mol. The Labute approximate surface area is 127 Å². The van der Waals surface area contributed by atoms with E-state index < -0.39 is 0 Å². The second kappa shape index (κ2) is 8.13. The third kappa shape index (κ3) is 4.53. The third-order valence-corrected chi connectivity index (χ3v) is 4.54. The molecular formula is C17H26N2O2. The van der Waals surface area contributed by atoms with Crippen LogP contribution >= 0.6 is 0 Å².